The van der Waals surface area contributed by atoms with Gasteiger partial charge >= 0.3 is 0 Å². The van der Waals surface area contributed by atoms with Crippen LogP contribution in [0, 0.1) is 0 Å². The summed E-state index contributed by atoms with van der Waals surface area (Å²) < 4.78 is 8.90. The Morgan fingerprint density at radius 3 is 1.19 bits per heavy atom. The van der Waals surface area contributed by atoms with Gasteiger partial charge in [0.1, 0.15) is 11.2 Å². The first kappa shape index (κ1) is 35.7. The highest BCUT2D eigenvalue weighted by atomic mass is 32.1. The molecule has 0 fully saturated rings. The van der Waals surface area contributed by atoms with Gasteiger partial charge in [0.2, 0.25) is 0 Å². The normalized spacial score (nSPS) is 11.5. The fourth-order valence-electron chi connectivity index (χ4n) is 8.16. The maximum atomic E-state index is 6.49. The highest BCUT2D eigenvalue weighted by molar-refractivity contribution is 7.25. The van der Waals surface area contributed by atoms with Crippen molar-refractivity contribution in [1.82, 2.24) is 29.9 Å². The van der Waals surface area contributed by atoms with Gasteiger partial charge in [0, 0.05) is 64.3 Å². The highest BCUT2D eigenvalue weighted by Crippen LogP contribution is 2.41. The highest BCUT2D eigenvalue weighted by Gasteiger charge is 2.19. The molecule has 0 aliphatic heterocycles. The Bertz CT molecular complexity index is 3510. The standard InChI is InChI=1S/C54H32N6OS/c1-5-14-33(15-6-1)49-55-50(34-16-7-2-8-17-34)58-53(57-49)39-26-29-47-42(32-39)41-30-38(25-28-46(41)62-47)37-24-27-44-43(31-37)48-40(22-13-23-45(48)61-44)54-59-51(35-18-9-3-10-19-35)56-52(60-54)36-20-11-4-12-21-36/h1-32H. The lowest BCUT2D eigenvalue weighted by Gasteiger charge is -2.09. The fourth-order valence-corrected chi connectivity index (χ4v) is 9.22. The maximum absolute atomic E-state index is 6.49. The van der Waals surface area contributed by atoms with Gasteiger partial charge in [-0.3, -0.25) is 0 Å². The zero-order chi connectivity index (χ0) is 41.0. The Kier molecular flexibility index (Phi) is 8.53. The number of rotatable bonds is 7. The van der Waals surface area contributed by atoms with Crippen LogP contribution in [-0.2, 0) is 0 Å². The molecule has 8 heteroatoms. The summed E-state index contributed by atoms with van der Waals surface area (Å²) in [5, 5.41) is 4.28. The Hall–Kier alpha value is -8.20. The minimum atomic E-state index is 0.586. The van der Waals surface area contributed by atoms with Gasteiger partial charge in [-0.15, -0.1) is 11.3 Å². The van der Waals surface area contributed by atoms with Crippen molar-refractivity contribution in [3.8, 4) is 79.5 Å². The third-order valence-electron chi connectivity index (χ3n) is 11.2. The smallest absolute Gasteiger partial charge is 0.164 e. The summed E-state index contributed by atoms with van der Waals surface area (Å²) in [5.74, 6) is 3.73. The number of furan rings is 1. The molecule has 4 aromatic heterocycles. The van der Waals surface area contributed by atoms with Crippen LogP contribution in [0.3, 0.4) is 0 Å². The van der Waals surface area contributed by atoms with Crippen molar-refractivity contribution in [2.45, 2.75) is 0 Å². The minimum Gasteiger partial charge on any atom is -0.456 e. The fraction of sp³-hybridized carbons (Fsp3) is 0. The Morgan fingerprint density at radius 1 is 0.290 bits per heavy atom. The van der Waals surface area contributed by atoms with Crippen molar-refractivity contribution in [3.05, 3.63) is 194 Å². The molecule has 12 aromatic rings. The first-order chi connectivity index (χ1) is 30.7. The number of aromatic nitrogens is 6. The Morgan fingerprint density at radius 2 is 0.694 bits per heavy atom. The van der Waals surface area contributed by atoms with Gasteiger partial charge in [0.15, 0.2) is 34.9 Å². The number of benzene rings is 8. The molecular formula is C54H32N6OS. The molecule has 62 heavy (non-hydrogen) atoms. The summed E-state index contributed by atoms with van der Waals surface area (Å²) in [6.45, 7) is 0. The number of thiophene rings is 1. The molecule has 0 N–H and O–H groups in total. The van der Waals surface area contributed by atoms with Gasteiger partial charge in [0.05, 0.1) is 0 Å². The van der Waals surface area contributed by atoms with Crippen molar-refractivity contribution in [2.75, 3.05) is 0 Å². The number of nitrogens with zero attached hydrogens (tertiary/aromatic N) is 6. The first-order valence-corrected chi connectivity index (χ1v) is 21.2. The van der Waals surface area contributed by atoms with Gasteiger partial charge in [-0.2, -0.15) is 0 Å². The summed E-state index contributed by atoms with van der Waals surface area (Å²) >= 11 is 1.79. The molecule has 0 saturated carbocycles. The van der Waals surface area contributed by atoms with E-state index in [1.165, 1.54) is 14.8 Å². The molecule has 0 saturated heterocycles. The van der Waals surface area contributed by atoms with Crippen molar-refractivity contribution < 1.29 is 4.42 Å². The van der Waals surface area contributed by atoms with Crippen LogP contribution in [0.2, 0.25) is 0 Å². The lowest BCUT2D eigenvalue weighted by molar-refractivity contribution is 0.669. The number of hydrogen-bond acceptors (Lipinski definition) is 8. The van der Waals surface area contributed by atoms with Gasteiger partial charge < -0.3 is 4.42 Å². The molecule has 12 rings (SSSR count). The SMILES string of the molecule is c1ccc(-c2nc(-c3ccccc3)nc(-c3ccc4sc5ccc(-c6ccc7oc8cccc(-c9nc(-c%10ccccc%10)nc(-c%10ccccc%10)n9)c8c7c6)cc5c4c3)n2)cc1. The lowest BCUT2D eigenvalue weighted by Crippen LogP contribution is -2.00. The van der Waals surface area contributed by atoms with E-state index in [0.29, 0.717) is 34.9 Å². The van der Waals surface area contributed by atoms with Gasteiger partial charge in [-0.05, 0) is 59.7 Å². The topological polar surface area (TPSA) is 90.5 Å². The van der Waals surface area contributed by atoms with Gasteiger partial charge in [-0.1, -0.05) is 146 Å². The summed E-state index contributed by atoms with van der Waals surface area (Å²) in [6, 6.07) is 66.0. The number of hydrogen-bond donors (Lipinski definition) is 0. The average Bonchev–Trinajstić information content (AvgIpc) is 3.92. The van der Waals surface area contributed by atoms with E-state index in [9.17, 15) is 0 Å². The molecule has 0 bridgehead atoms. The van der Waals surface area contributed by atoms with Gasteiger partial charge in [-0.25, -0.2) is 29.9 Å². The molecule has 0 atom stereocenters. The predicted octanol–water partition coefficient (Wildman–Crippen LogP) is 14.0. The summed E-state index contributed by atoms with van der Waals surface area (Å²) in [7, 11) is 0. The molecule has 0 spiro atoms. The third-order valence-corrected chi connectivity index (χ3v) is 12.3. The second-order valence-electron chi connectivity index (χ2n) is 15.1. The summed E-state index contributed by atoms with van der Waals surface area (Å²) in [5.41, 5.74) is 9.29. The molecule has 7 nitrogen and oxygen atoms in total. The molecule has 0 amide bonds. The first-order valence-electron chi connectivity index (χ1n) is 20.4. The van der Waals surface area contributed by atoms with Crippen molar-refractivity contribution >= 4 is 53.4 Å². The monoisotopic (exact) mass is 812 g/mol. The predicted molar refractivity (Wildman–Crippen MR) is 251 cm³/mol. The molecular weight excluding hydrogens is 781 g/mol. The van der Waals surface area contributed by atoms with Crippen LogP contribution < -0.4 is 0 Å². The van der Waals surface area contributed by atoms with Crippen LogP contribution in [0.5, 0.6) is 0 Å². The van der Waals surface area contributed by atoms with Gasteiger partial charge in [0.25, 0.3) is 0 Å². The molecule has 0 radical (unpaired) electrons. The maximum Gasteiger partial charge on any atom is 0.164 e. The average molecular weight is 813 g/mol. The minimum absolute atomic E-state index is 0.586. The zero-order valence-corrected chi connectivity index (χ0v) is 33.8. The molecule has 0 unspecified atom stereocenters. The molecule has 8 aromatic carbocycles. The van der Waals surface area contributed by atoms with Crippen LogP contribution in [0.4, 0.5) is 0 Å². The van der Waals surface area contributed by atoms with Crippen LogP contribution in [-0.4, -0.2) is 29.9 Å². The quantitative estimate of drug-likeness (QED) is 0.158. The van der Waals surface area contributed by atoms with Crippen LogP contribution >= 0.6 is 11.3 Å². The molecule has 4 heterocycles. The third kappa shape index (κ3) is 6.38. The van der Waals surface area contributed by atoms with E-state index in [2.05, 4.69) is 60.7 Å². The number of fused-ring (bicyclic) bond motifs is 6. The molecule has 0 aliphatic carbocycles. The van der Waals surface area contributed by atoms with E-state index in [1.807, 2.05) is 133 Å². The van der Waals surface area contributed by atoms with E-state index in [1.54, 1.807) is 11.3 Å². The molecule has 290 valence electrons. The Labute approximate surface area is 359 Å². The van der Waals surface area contributed by atoms with Crippen LogP contribution in [0.1, 0.15) is 0 Å². The second-order valence-corrected chi connectivity index (χ2v) is 16.2. The van der Waals surface area contributed by atoms with Crippen LogP contribution in [0.15, 0.2) is 199 Å². The van der Waals surface area contributed by atoms with E-state index in [0.717, 1.165) is 71.8 Å². The molecule has 0 aliphatic rings. The van der Waals surface area contributed by atoms with Crippen molar-refractivity contribution in [3.63, 3.8) is 0 Å². The van der Waals surface area contributed by atoms with Crippen molar-refractivity contribution in [1.29, 1.82) is 0 Å². The van der Waals surface area contributed by atoms with E-state index < -0.39 is 0 Å². The summed E-state index contributed by atoms with van der Waals surface area (Å²) in [6.07, 6.45) is 0. The Balaban J connectivity index is 0.980. The summed E-state index contributed by atoms with van der Waals surface area (Å²) in [4.78, 5) is 30.0. The largest absolute Gasteiger partial charge is 0.456 e. The van der Waals surface area contributed by atoms with Crippen LogP contribution in [0.25, 0.3) is 122 Å². The van der Waals surface area contributed by atoms with E-state index >= 15 is 0 Å². The van der Waals surface area contributed by atoms with E-state index in [4.69, 9.17) is 34.3 Å². The zero-order valence-electron chi connectivity index (χ0n) is 33.0. The van der Waals surface area contributed by atoms with Crippen molar-refractivity contribution in [2.24, 2.45) is 0 Å². The van der Waals surface area contributed by atoms with E-state index in [-0.39, 0.29) is 0 Å². The second kappa shape index (κ2) is 14.8. The lowest BCUT2D eigenvalue weighted by atomic mass is 9.99.